The third-order valence-corrected chi connectivity index (χ3v) is 3.37. The Balaban J connectivity index is 1.93. The van der Waals surface area contributed by atoms with Gasteiger partial charge in [-0.15, -0.1) is 5.10 Å². The van der Waals surface area contributed by atoms with Gasteiger partial charge in [-0.1, -0.05) is 13.8 Å². The molecule has 0 bridgehead atoms. The molecule has 1 aromatic rings. The Morgan fingerprint density at radius 3 is 2.47 bits per heavy atom. The fraction of sp³-hybridized carbons (Fsp3) is 0.692. The predicted octanol–water partition coefficient (Wildman–Crippen LogP) is 1.03. The maximum absolute atomic E-state index is 11.9. The van der Waals surface area contributed by atoms with Crippen LogP contribution in [0.5, 0.6) is 0 Å². The Hall–Kier alpha value is -1.72. The highest BCUT2D eigenvalue weighted by molar-refractivity contribution is 5.80. The van der Waals surface area contributed by atoms with Gasteiger partial charge in [-0.2, -0.15) is 5.10 Å². The highest BCUT2D eigenvalue weighted by atomic mass is 16.2. The number of rotatable bonds is 5. The highest BCUT2D eigenvalue weighted by Crippen LogP contribution is 2.09. The summed E-state index contributed by atoms with van der Waals surface area (Å²) in [4.78, 5) is 18.2. The van der Waals surface area contributed by atoms with E-state index in [4.69, 9.17) is 0 Å². The normalized spacial score (nSPS) is 14.7. The molecule has 19 heavy (non-hydrogen) atoms. The van der Waals surface area contributed by atoms with Gasteiger partial charge in [0.1, 0.15) is 0 Å². The summed E-state index contributed by atoms with van der Waals surface area (Å²) in [5.74, 6) is 0.556. The molecule has 104 valence electrons. The van der Waals surface area contributed by atoms with Gasteiger partial charge in [0.15, 0.2) is 0 Å². The lowest BCUT2D eigenvalue weighted by Crippen LogP contribution is -2.33. The molecule has 1 aromatic heterocycles. The second kappa shape index (κ2) is 6.45. The van der Waals surface area contributed by atoms with Crippen molar-refractivity contribution in [2.24, 2.45) is 0 Å². The van der Waals surface area contributed by atoms with Gasteiger partial charge in [-0.05, 0) is 25.7 Å². The van der Waals surface area contributed by atoms with Crippen molar-refractivity contribution in [3.05, 3.63) is 11.4 Å². The van der Waals surface area contributed by atoms with Crippen LogP contribution in [-0.4, -0.2) is 45.6 Å². The molecule has 1 N–H and O–H groups in total. The lowest BCUT2D eigenvalue weighted by molar-refractivity contribution is -0.128. The second-order valence-corrected chi connectivity index (χ2v) is 4.68. The molecule has 1 aliphatic heterocycles. The van der Waals surface area contributed by atoms with E-state index >= 15 is 0 Å². The van der Waals surface area contributed by atoms with Crippen LogP contribution >= 0.6 is 0 Å². The zero-order chi connectivity index (χ0) is 13.7. The van der Waals surface area contributed by atoms with E-state index in [1.165, 1.54) is 0 Å². The van der Waals surface area contributed by atoms with Crippen LogP contribution in [0.1, 0.15) is 38.1 Å². The minimum Gasteiger partial charge on any atom is -0.344 e. The van der Waals surface area contributed by atoms with Crippen LogP contribution in [0.2, 0.25) is 0 Å². The summed E-state index contributed by atoms with van der Waals surface area (Å²) >= 11 is 0. The highest BCUT2D eigenvalue weighted by Gasteiger charge is 2.17. The van der Waals surface area contributed by atoms with Crippen molar-refractivity contribution in [3.63, 3.8) is 0 Å². The number of aromatic nitrogens is 3. The van der Waals surface area contributed by atoms with Gasteiger partial charge in [0.2, 0.25) is 11.9 Å². The number of hydrogen-bond acceptors (Lipinski definition) is 5. The Kier molecular flexibility index (Phi) is 4.65. The molecule has 0 aliphatic carbocycles. The number of anilines is 1. The topological polar surface area (TPSA) is 71.0 Å². The molecule has 2 rings (SSSR count). The van der Waals surface area contributed by atoms with Gasteiger partial charge in [-0.25, -0.2) is 4.98 Å². The first-order valence-electron chi connectivity index (χ1n) is 6.98. The lowest BCUT2D eigenvalue weighted by Gasteiger charge is -2.15. The Morgan fingerprint density at radius 1 is 1.16 bits per heavy atom. The first-order valence-corrected chi connectivity index (χ1v) is 6.98. The summed E-state index contributed by atoms with van der Waals surface area (Å²) < 4.78 is 0. The number of carbonyl (C=O) groups excluding carboxylic acids is 1. The summed E-state index contributed by atoms with van der Waals surface area (Å²) in [6.07, 6.45) is 3.87. The smallest absolute Gasteiger partial charge is 0.243 e. The minimum absolute atomic E-state index is 0.110. The zero-order valence-corrected chi connectivity index (χ0v) is 11.6. The molecular weight excluding hydrogens is 242 g/mol. The van der Waals surface area contributed by atoms with Crippen molar-refractivity contribution in [2.75, 3.05) is 25.0 Å². The number of nitrogens with zero attached hydrogens (tertiary/aromatic N) is 4. The van der Waals surface area contributed by atoms with Crippen LogP contribution in [0, 0.1) is 0 Å². The molecule has 6 nitrogen and oxygen atoms in total. The van der Waals surface area contributed by atoms with Crippen molar-refractivity contribution < 1.29 is 4.79 Å². The fourth-order valence-electron chi connectivity index (χ4n) is 2.25. The molecule has 1 saturated heterocycles. The van der Waals surface area contributed by atoms with Gasteiger partial charge in [-0.3, -0.25) is 4.79 Å². The Morgan fingerprint density at radius 2 is 1.84 bits per heavy atom. The average Bonchev–Trinajstić information content (AvgIpc) is 2.98. The first kappa shape index (κ1) is 13.7. The molecule has 1 aliphatic rings. The van der Waals surface area contributed by atoms with Crippen LogP contribution in [0.15, 0.2) is 0 Å². The monoisotopic (exact) mass is 263 g/mol. The quantitative estimate of drug-likeness (QED) is 0.859. The van der Waals surface area contributed by atoms with E-state index in [1.807, 2.05) is 18.7 Å². The predicted molar refractivity (Wildman–Crippen MR) is 72.9 cm³/mol. The van der Waals surface area contributed by atoms with E-state index in [-0.39, 0.29) is 12.5 Å². The molecule has 0 unspecified atom stereocenters. The molecule has 1 amide bonds. The molecule has 0 spiro atoms. The van der Waals surface area contributed by atoms with E-state index in [2.05, 4.69) is 20.5 Å². The third-order valence-electron chi connectivity index (χ3n) is 3.37. The summed E-state index contributed by atoms with van der Waals surface area (Å²) in [5.41, 5.74) is 1.88. The fourth-order valence-corrected chi connectivity index (χ4v) is 2.25. The SMILES string of the molecule is CCc1nnc(NCC(=O)N2CCCC2)nc1CC. The van der Waals surface area contributed by atoms with Gasteiger partial charge >= 0.3 is 0 Å². The van der Waals surface area contributed by atoms with Gasteiger partial charge in [0.05, 0.1) is 17.9 Å². The number of nitrogens with one attached hydrogen (secondary N) is 1. The number of carbonyl (C=O) groups is 1. The van der Waals surface area contributed by atoms with Crippen molar-refractivity contribution in [1.29, 1.82) is 0 Å². The number of aryl methyl sites for hydroxylation is 2. The zero-order valence-electron chi connectivity index (χ0n) is 11.6. The molecule has 0 atom stereocenters. The first-order chi connectivity index (χ1) is 9.24. The van der Waals surface area contributed by atoms with Crippen LogP contribution in [0.4, 0.5) is 5.95 Å². The molecule has 0 saturated carbocycles. The summed E-state index contributed by atoms with van der Waals surface area (Å²) in [6.45, 7) is 6.07. The Labute approximate surface area is 113 Å². The van der Waals surface area contributed by atoms with Crippen LogP contribution in [-0.2, 0) is 17.6 Å². The molecule has 1 fully saturated rings. The van der Waals surface area contributed by atoms with Crippen molar-refractivity contribution in [1.82, 2.24) is 20.1 Å². The standard InChI is InChI=1S/C13H21N5O/c1-3-10-11(4-2)16-17-13(15-10)14-9-12(19)18-7-5-6-8-18/h3-9H2,1-2H3,(H,14,15,17). The van der Waals surface area contributed by atoms with Crippen LogP contribution < -0.4 is 5.32 Å². The van der Waals surface area contributed by atoms with Gasteiger partial charge in [0, 0.05) is 13.1 Å². The average molecular weight is 263 g/mol. The maximum Gasteiger partial charge on any atom is 0.243 e. The molecule has 6 heteroatoms. The third kappa shape index (κ3) is 3.39. The summed E-state index contributed by atoms with van der Waals surface area (Å²) in [5, 5.41) is 11.1. The van der Waals surface area contributed by atoms with E-state index < -0.39 is 0 Å². The van der Waals surface area contributed by atoms with E-state index in [1.54, 1.807) is 0 Å². The number of hydrogen-bond donors (Lipinski definition) is 1. The van der Waals surface area contributed by atoms with Crippen LogP contribution in [0.25, 0.3) is 0 Å². The molecule has 0 radical (unpaired) electrons. The molecule has 0 aromatic carbocycles. The van der Waals surface area contributed by atoms with Gasteiger partial charge < -0.3 is 10.2 Å². The van der Waals surface area contributed by atoms with E-state index in [0.717, 1.165) is 50.2 Å². The maximum atomic E-state index is 11.9. The number of amides is 1. The second-order valence-electron chi connectivity index (χ2n) is 4.68. The van der Waals surface area contributed by atoms with Crippen molar-refractivity contribution in [2.45, 2.75) is 39.5 Å². The number of likely N-dealkylation sites (tertiary alicyclic amines) is 1. The molecular formula is C13H21N5O. The Bertz CT molecular complexity index is 443. The van der Waals surface area contributed by atoms with Crippen molar-refractivity contribution in [3.8, 4) is 0 Å². The van der Waals surface area contributed by atoms with E-state index in [9.17, 15) is 4.79 Å². The van der Waals surface area contributed by atoms with E-state index in [0.29, 0.717) is 5.95 Å². The van der Waals surface area contributed by atoms with Gasteiger partial charge in [0.25, 0.3) is 0 Å². The largest absolute Gasteiger partial charge is 0.344 e. The summed E-state index contributed by atoms with van der Waals surface area (Å²) in [7, 11) is 0. The minimum atomic E-state index is 0.110. The molecule has 2 heterocycles. The van der Waals surface area contributed by atoms with Crippen LogP contribution in [0.3, 0.4) is 0 Å². The van der Waals surface area contributed by atoms with Crippen molar-refractivity contribution >= 4 is 11.9 Å². The summed E-state index contributed by atoms with van der Waals surface area (Å²) in [6, 6.07) is 0. The lowest BCUT2D eigenvalue weighted by atomic mass is 10.2.